The minimum Gasteiger partial charge on any atom is -0.329 e. The van der Waals surface area contributed by atoms with Crippen LogP contribution in [-0.4, -0.2) is 48.7 Å². The van der Waals surface area contributed by atoms with Crippen molar-refractivity contribution in [2.24, 2.45) is 5.73 Å². The van der Waals surface area contributed by atoms with E-state index in [4.69, 9.17) is 5.73 Å². The third-order valence-corrected chi connectivity index (χ3v) is 7.43. The molecule has 2 aliphatic rings. The minimum absolute atomic E-state index is 0.106. The van der Waals surface area contributed by atoms with E-state index in [9.17, 15) is 8.42 Å². The molecule has 2 rings (SSSR count). The summed E-state index contributed by atoms with van der Waals surface area (Å²) in [6.45, 7) is 3.08. The second-order valence-corrected chi connectivity index (χ2v) is 8.33. The van der Waals surface area contributed by atoms with Crippen molar-refractivity contribution < 1.29 is 8.42 Å². The third-order valence-electron chi connectivity index (χ3n) is 5.22. The lowest BCUT2D eigenvalue weighted by Crippen LogP contribution is -2.60. The predicted octanol–water partition coefficient (Wildman–Crippen LogP) is 1.70. The average Bonchev–Trinajstić information content (AvgIpc) is 2.47. The van der Waals surface area contributed by atoms with Gasteiger partial charge in [-0.2, -0.15) is 17.0 Å². The number of nitrogens with two attached hydrogens (primary N) is 1. The summed E-state index contributed by atoms with van der Waals surface area (Å²) in [7, 11) is -1.66. The summed E-state index contributed by atoms with van der Waals surface area (Å²) in [4.78, 5) is 0. The van der Waals surface area contributed by atoms with Gasteiger partial charge in [0.1, 0.15) is 0 Å². The van der Waals surface area contributed by atoms with Gasteiger partial charge in [-0.05, 0) is 32.6 Å². The van der Waals surface area contributed by atoms with Gasteiger partial charge in [0.25, 0.3) is 10.2 Å². The Morgan fingerprint density at radius 2 is 1.85 bits per heavy atom. The molecule has 5 nitrogen and oxygen atoms in total. The molecule has 6 heteroatoms. The highest BCUT2D eigenvalue weighted by molar-refractivity contribution is 7.86. The zero-order chi connectivity index (χ0) is 14.8. The van der Waals surface area contributed by atoms with Gasteiger partial charge in [0.05, 0.1) is 0 Å². The molecule has 20 heavy (non-hydrogen) atoms. The number of nitrogens with zero attached hydrogens (tertiary/aromatic N) is 2. The first-order valence-electron chi connectivity index (χ1n) is 7.90. The van der Waals surface area contributed by atoms with Crippen molar-refractivity contribution in [2.75, 3.05) is 20.1 Å². The Morgan fingerprint density at radius 1 is 1.20 bits per heavy atom. The molecule has 1 heterocycles. The van der Waals surface area contributed by atoms with Crippen LogP contribution in [0.15, 0.2) is 0 Å². The summed E-state index contributed by atoms with van der Waals surface area (Å²) >= 11 is 0. The molecule has 1 aliphatic heterocycles. The van der Waals surface area contributed by atoms with Gasteiger partial charge in [-0.15, -0.1) is 0 Å². The van der Waals surface area contributed by atoms with Crippen LogP contribution < -0.4 is 5.73 Å². The van der Waals surface area contributed by atoms with Crippen LogP contribution in [0.4, 0.5) is 0 Å². The minimum atomic E-state index is -3.39. The van der Waals surface area contributed by atoms with Crippen LogP contribution in [0.1, 0.15) is 58.3 Å². The molecule has 0 bridgehead atoms. The van der Waals surface area contributed by atoms with Crippen molar-refractivity contribution >= 4 is 10.2 Å². The molecule has 1 atom stereocenters. The Labute approximate surface area is 123 Å². The van der Waals surface area contributed by atoms with Crippen molar-refractivity contribution in [2.45, 2.75) is 69.9 Å². The molecule has 0 aromatic carbocycles. The molecule has 1 unspecified atom stereocenters. The van der Waals surface area contributed by atoms with Gasteiger partial charge in [0, 0.05) is 31.7 Å². The molecule has 1 aliphatic carbocycles. The van der Waals surface area contributed by atoms with Gasteiger partial charge in [0.15, 0.2) is 0 Å². The summed E-state index contributed by atoms with van der Waals surface area (Å²) in [5, 5.41) is 0. The van der Waals surface area contributed by atoms with Crippen LogP contribution in [-0.2, 0) is 10.2 Å². The second-order valence-electron chi connectivity index (χ2n) is 6.42. The largest absolute Gasteiger partial charge is 0.329 e. The molecular formula is C14H29N3O2S. The number of hydrogen-bond acceptors (Lipinski definition) is 3. The quantitative estimate of drug-likeness (QED) is 0.859. The van der Waals surface area contributed by atoms with E-state index in [1.54, 1.807) is 15.7 Å². The van der Waals surface area contributed by atoms with Crippen molar-refractivity contribution in [1.29, 1.82) is 0 Å². The average molecular weight is 303 g/mol. The molecule has 118 valence electrons. The SMILES string of the molecule is CC1CCCCN1S(=O)(=O)N(C)C1(CN)CCCCC1. The molecule has 0 spiro atoms. The standard InChI is InChI=1S/C14H29N3O2S/c1-13-8-4-7-11-17(13)20(18,19)16(2)14(12-15)9-5-3-6-10-14/h13H,3-12,15H2,1-2H3. The Morgan fingerprint density at radius 3 is 2.40 bits per heavy atom. The molecule has 1 saturated heterocycles. The topological polar surface area (TPSA) is 66.6 Å². The number of piperidine rings is 1. The maximum atomic E-state index is 13.0. The van der Waals surface area contributed by atoms with Crippen molar-refractivity contribution in [3.63, 3.8) is 0 Å². The first-order valence-corrected chi connectivity index (χ1v) is 9.30. The summed E-state index contributed by atoms with van der Waals surface area (Å²) < 4.78 is 29.2. The van der Waals surface area contributed by atoms with E-state index in [0.29, 0.717) is 13.1 Å². The van der Waals surface area contributed by atoms with Gasteiger partial charge in [-0.25, -0.2) is 0 Å². The summed E-state index contributed by atoms with van der Waals surface area (Å²) in [6.07, 6.45) is 8.17. The maximum absolute atomic E-state index is 13.0. The zero-order valence-electron chi connectivity index (χ0n) is 12.8. The third kappa shape index (κ3) is 2.89. The van der Waals surface area contributed by atoms with E-state index in [1.807, 2.05) is 6.92 Å². The van der Waals surface area contributed by atoms with Crippen molar-refractivity contribution in [3.8, 4) is 0 Å². The lowest BCUT2D eigenvalue weighted by atomic mass is 9.82. The molecular weight excluding hydrogens is 274 g/mol. The fourth-order valence-corrected chi connectivity index (χ4v) is 5.66. The van der Waals surface area contributed by atoms with Gasteiger partial charge in [-0.1, -0.05) is 25.7 Å². The van der Waals surface area contributed by atoms with E-state index in [0.717, 1.165) is 44.9 Å². The fourth-order valence-electron chi connectivity index (χ4n) is 3.67. The maximum Gasteiger partial charge on any atom is 0.282 e. The van der Waals surface area contributed by atoms with E-state index < -0.39 is 10.2 Å². The molecule has 0 aromatic heterocycles. The summed E-state index contributed by atoms with van der Waals surface area (Å²) in [5.41, 5.74) is 5.61. The van der Waals surface area contributed by atoms with Crippen LogP contribution in [0.25, 0.3) is 0 Å². The highest BCUT2D eigenvalue weighted by Crippen LogP contribution is 2.35. The van der Waals surface area contributed by atoms with E-state index in [-0.39, 0.29) is 11.6 Å². The molecule has 0 amide bonds. The van der Waals surface area contributed by atoms with E-state index in [1.165, 1.54) is 6.42 Å². The predicted molar refractivity (Wildman–Crippen MR) is 81.6 cm³/mol. The van der Waals surface area contributed by atoms with Gasteiger partial charge in [-0.3, -0.25) is 0 Å². The molecule has 1 saturated carbocycles. The first kappa shape index (κ1) is 16.2. The second kappa shape index (κ2) is 6.30. The Hall–Kier alpha value is -0.170. The van der Waals surface area contributed by atoms with Crippen LogP contribution in [0, 0.1) is 0 Å². The highest BCUT2D eigenvalue weighted by atomic mass is 32.2. The van der Waals surface area contributed by atoms with Crippen molar-refractivity contribution in [1.82, 2.24) is 8.61 Å². The lowest BCUT2D eigenvalue weighted by molar-refractivity contribution is 0.141. The van der Waals surface area contributed by atoms with Crippen LogP contribution in [0.2, 0.25) is 0 Å². The van der Waals surface area contributed by atoms with E-state index >= 15 is 0 Å². The number of hydrogen-bond donors (Lipinski definition) is 1. The Balaban J connectivity index is 2.22. The van der Waals surface area contributed by atoms with Gasteiger partial charge < -0.3 is 5.73 Å². The summed E-state index contributed by atoms with van der Waals surface area (Å²) in [5.74, 6) is 0. The molecule has 0 radical (unpaired) electrons. The Kier molecular flexibility index (Phi) is 5.10. The van der Waals surface area contributed by atoms with Gasteiger partial charge >= 0.3 is 0 Å². The summed E-state index contributed by atoms with van der Waals surface area (Å²) in [6, 6.07) is 0.106. The highest BCUT2D eigenvalue weighted by Gasteiger charge is 2.44. The van der Waals surface area contributed by atoms with Crippen LogP contribution >= 0.6 is 0 Å². The Bertz CT molecular complexity index is 418. The van der Waals surface area contributed by atoms with Crippen LogP contribution in [0.3, 0.4) is 0 Å². The number of likely N-dealkylation sites (N-methyl/N-ethyl adjacent to an activating group) is 1. The lowest BCUT2D eigenvalue weighted by Gasteiger charge is -2.46. The molecule has 2 N–H and O–H groups in total. The van der Waals surface area contributed by atoms with Crippen molar-refractivity contribution in [3.05, 3.63) is 0 Å². The van der Waals surface area contributed by atoms with E-state index in [2.05, 4.69) is 0 Å². The van der Waals surface area contributed by atoms with Gasteiger partial charge in [0.2, 0.25) is 0 Å². The smallest absolute Gasteiger partial charge is 0.282 e. The normalized spacial score (nSPS) is 28.7. The molecule has 2 fully saturated rings. The molecule has 0 aromatic rings. The zero-order valence-corrected chi connectivity index (χ0v) is 13.7. The number of rotatable bonds is 4. The monoisotopic (exact) mass is 303 g/mol. The first-order chi connectivity index (χ1) is 9.44. The van der Waals surface area contributed by atoms with Crippen LogP contribution in [0.5, 0.6) is 0 Å². The fraction of sp³-hybridized carbons (Fsp3) is 1.00.